The summed E-state index contributed by atoms with van der Waals surface area (Å²) < 4.78 is 5.17. The number of methoxy groups -OCH3 is 1. The fourth-order valence-electron chi connectivity index (χ4n) is 3.29. The van der Waals surface area contributed by atoms with Crippen LogP contribution in [0.15, 0.2) is 53.7 Å². The van der Waals surface area contributed by atoms with Crippen LogP contribution in [0, 0.1) is 0 Å². The van der Waals surface area contributed by atoms with Gasteiger partial charge >= 0.3 is 0 Å². The highest BCUT2D eigenvalue weighted by Crippen LogP contribution is 2.43. The van der Waals surface area contributed by atoms with E-state index in [4.69, 9.17) is 4.74 Å². The Bertz CT molecular complexity index is 711. The van der Waals surface area contributed by atoms with E-state index in [0.29, 0.717) is 12.4 Å². The molecule has 5 heteroatoms. The number of aromatic nitrogens is 1. The molecule has 2 N–H and O–H groups in total. The van der Waals surface area contributed by atoms with Gasteiger partial charge in [-0.2, -0.15) is 0 Å². The van der Waals surface area contributed by atoms with E-state index >= 15 is 0 Å². The highest BCUT2D eigenvalue weighted by atomic mass is 16.5. The van der Waals surface area contributed by atoms with E-state index in [1.54, 1.807) is 20.4 Å². The predicted octanol–water partition coefficient (Wildman–Crippen LogP) is 2.88. The van der Waals surface area contributed by atoms with E-state index in [0.717, 1.165) is 18.1 Å². The molecule has 3 rings (SSSR count). The van der Waals surface area contributed by atoms with Crippen molar-refractivity contribution in [2.24, 2.45) is 4.99 Å². The Balaban J connectivity index is 1.57. The maximum absolute atomic E-state index is 5.17. The van der Waals surface area contributed by atoms with E-state index in [1.807, 2.05) is 12.1 Å². The van der Waals surface area contributed by atoms with Crippen LogP contribution >= 0.6 is 0 Å². The number of guanidine groups is 1. The summed E-state index contributed by atoms with van der Waals surface area (Å²) in [6.45, 7) is 1.58. The van der Waals surface area contributed by atoms with Crippen LogP contribution in [0.2, 0.25) is 0 Å². The van der Waals surface area contributed by atoms with Crippen LogP contribution in [0.4, 0.5) is 0 Å². The SMILES string of the molecule is CN=C(NCc1ccnc(OC)c1)NCC1(c2ccccc2)CCC1. The van der Waals surface area contributed by atoms with Crippen molar-refractivity contribution < 1.29 is 4.74 Å². The van der Waals surface area contributed by atoms with Crippen molar-refractivity contribution in [3.8, 4) is 5.88 Å². The first kappa shape index (κ1) is 17.3. The van der Waals surface area contributed by atoms with Crippen LogP contribution < -0.4 is 15.4 Å². The zero-order chi connectivity index (χ0) is 17.5. The normalized spacial score (nSPS) is 16.0. The second kappa shape index (κ2) is 8.01. The van der Waals surface area contributed by atoms with E-state index in [-0.39, 0.29) is 5.41 Å². The smallest absolute Gasteiger partial charge is 0.213 e. The monoisotopic (exact) mass is 338 g/mol. The minimum absolute atomic E-state index is 0.235. The molecule has 2 aromatic rings. The summed E-state index contributed by atoms with van der Waals surface area (Å²) in [5.41, 5.74) is 2.76. The van der Waals surface area contributed by atoms with Crippen LogP contribution in [0.1, 0.15) is 30.4 Å². The van der Waals surface area contributed by atoms with Crippen molar-refractivity contribution in [1.82, 2.24) is 15.6 Å². The summed E-state index contributed by atoms with van der Waals surface area (Å²) in [7, 11) is 3.43. The number of ether oxygens (including phenoxy) is 1. The number of hydrogen-bond acceptors (Lipinski definition) is 3. The lowest BCUT2D eigenvalue weighted by Gasteiger charge is -2.43. The van der Waals surface area contributed by atoms with Crippen molar-refractivity contribution in [2.45, 2.75) is 31.2 Å². The standard InChI is InChI=1S/C20H26N4O/c1-21-19(23-14-16-9-12-22-18(13-16)25-2)24-15-20(10-6-11-20)17-7-4-3-5-8-17/h3-5,7-9,12-13H,6,10-11,14-15H2,1-2H3,(H2,21,23,24). The Morgan fingerprint density at radius 2 is 2.00 bits per heavy atom. The first-order valence-corrected chi connectivity index (χ1v) is 8.75. The van der Waals surface area contributed by atoms with E-state index in [2.05, 4.69) is 50.9 Å². The molecule has 1 aliphatic rings. The average molecular weight is 338 g/mol. The van der Waals surface area contributed by atoms with Gasteiger partial charge in [0.05, 0.1) is 7.11 Å². The third-order valence-corrected chi connectivity index (χ3v) is 4.98. The Kier molecular flexibility index (Phi) is 5.53. The first-order valence-electron chi connectivity index (χ1n) is 8.75. The molecule has 0 atom stereocenters. The lowest BCUT2D eigenvalue weighted by molar-refractivity contribution is 0.244. The highest BCUT2D eigenvalue weighted by Gasteiger charge is 2.38. The lowest BCUT2D eigenvalue weighted by Crippen LogP contribution is -2.48. The molecule has 1 aromatic carbocycles. The third-order valence-electron chi connectivity index (χ3n) is 4.98. The Labute approximate surface area is 149 Å². The molecular formula is C20H26N4O. The van der Waals surface area contributed by atoms with Crippen molar-refractivity contribution in [3.63, 3.8) is 0 Å². The van der Waals surface area contributed by atoms with Crippen LogP contribution in [0.5, 0.6) is 5.88 Å². The van der Waals surface area contributed by atoms with Gasteiger partial charge in [-0.05, 0) is 30.0 Å². The molecule has 0 saturated heterocycles. The van der Waals surface area contributed by atoms with Gasteiger partial charge < -0.3 is 15.4 Å². The summed E-state index contributed by atoms with van der Waals surface area (Å²) in [4.78, 5) is 8.48. The van der Waals surface area contributed by atoms with Crippen LogP contribution in [-0.4, -0.2) is 31.6 Å². The number of nitrogens with one attached hydrogen (secondary N) is 2. The van der Waals surface area contributed by atoms with Crippen molar-refractivity contribution in [2.75, 3.05) is 20.7 Å². The molecule has 25 heavy (non-hydrogen) atoms. The number of benzene rings is 1. The number of aliphatic imine (C=N–C) groups is 1. The minimum atomic E-state index is 0.235. The predicted molar refractivity (Wildman–Crippen MR) is 101 cm³/mol. The summed E-state index contributed by atoms with van der Waals surface area (Å²) in [6, 6.07) is 14.7. The van der Waals surface area contributed by atoms with Crippen LogP contribution in [0.25, 0.3) is 0 Å². The van der Waals surface area contributed by atoms with Gasteiger partial charge in [-0.25, -0.2) is 4.98 Å². The number of nitrogens with zero attached hydrogens (tertiary/aromatic N) is 2. The molecule has 0 unspecified atom stereocenters. The molecular weight excluding hydrogens is 312 g/mol. The molecule has 0 aliphatic heterocycles. The van der Waals surface area contributed by atoms with Gasteiger partial charge in [0.25, 0.3) is 0 Å². The van der Waals surface area contributed by atoms with Crippen LogP contribution in [-0.2, 0) is 12.0 Å². The fraction of sp³-hybridized carbons (Fsp3) is 0.400. The van der Waals surface area contributed by atoms with Crippen LogP contribution in [0.3, 0.4) is 0 Å². The Hall–Kier alpha value is -2.56. The number of pyridine rings is 1. The number of rotatable bonds is 6. The molecule has 5 nitrogen and oxygen atoms in total. The molecule has 0 amide bonds. The molecule has 1 saturated carbocycles. The summed E-state index contributed by atoms with van der Waals surface area (Å²) in [5, 5.41) is 6.87. The third kappa shape index (κ3) is 4.10. The lowest BCUT2D eigenvalue weighted by atomic mass is 9.64. The topological polar surface area (TPSA) is 58.5 Å². The van der Waals surface area contributed by atoms with Crippen molar-refractivity contribution >= 4 is 5.96 Å². The first-order chi connectivity index (χ1) is 12.3. The van der Waals surface area contributed by atoms with Crippen molar-refractivity contribution in [3.05, 3.63) is 59.8 Å². The van der Waals surface area contributed by atoms with E-state index < -0.39 is 0 Å². The van der Waals surface area contributed by atoms with Crippen molar-refractivity contribution in [1.29, 1.82) is 0 Å². The van der Waals surface area contributed by atoms with E-state index in [9.17, 15) is 0 Å². The minimum Gasteiger partial charge on any atom is -0.481 e. The molecule has 1 aliphatic carbocycles. The molecule has 0 radical (unpaired) electrons. The molecule has 0 spiro atoms. The molecule has 0 bridgehead atoms. The molecule has 1 heterocycles. The molecule has 132 valence electrons. The van der Waals surface area contributed by atoms with Gasteiger partial charge in [-0.1, -0.05) is 36.8 Å². The second-order valence-corrected chi connectivity index (χ2v) is 6.49. The highest BCUT2D eigenvalue weighted by molar-refractivity contribution is 5.79. The number of hydrogen-bond donors (Lipinski definition) is 2. The fourth-order valence-corrected chi connectivity index (χ4v) is 3.29. The molecule has 1 fully saturated rings. The largest absolute Gasteiger partial charge is 0.481 e. The summed E-state index contributed by atoms with van der Waals surface area (Å²) in [6.07, 6.45) is 5.50. The Morgan fingerprint density at radius 3 is 2.64 bits per heavy atom. The average Bonchev–Trinajstić information content (AvgIpc) is 2.64. The maximum atomic E-state index is 5.17. The van der Waals surface area contributed by atoms with Gasteiger partial charge in [-0.3, -0.25) is 4.99 Å². The van der Waals surface area contributed by atoms with Gasteiger partial charge in [0.1, 0.15) is 0 Å². The van der Waals surface area contributed by atoms with Gasteiger partial charge in [0, 0.05) is 37.8 Å². The summed E-state index contributed by atoms with van der Waals surface area (Å²) >= 11 is 0. The zero-order valence-electron chi connectivity index (χ0n) is 15.0. The quantitative estimate of drug-likeness (QED) is 0.628. The van der Waals surface area contributed by atoms with Gasteiger partial charge in [0.15, 0.2) is 5.96 Å². The maximum Gasteiger partial charge on any atom is 0.213 e. The second-order valence-electron chi connectivity index (χ2n) is 6.49. The zero-order valence-corrected chi connectivity index (χ0v) is 15.0. The molecule has 1 aromatic heterocycles. The Morgan fingerprint density at radius 1 is 1.20 bits per heavy atom. The van der Waals surface area contributed by atoms with Gasteiger partial charge in [-0.15, -0.1) is 0 Å². The van der Waals surface area contributed by atoms with E-state index in [1.165, 1.54) is 24.8 Å². The summed E-state index contributed by atoms with van der Waals surface area (Å²) in [5.74, 6) is 1.44. The van der Waals surface area contributed by atoms with Gasteiger partial charge in [0.2, 0.25) is 5.88 Å².